The van der Waals surface area contributed by atoms with Crippen molar-refractivity contribution in [1.29, 1.82) is 0 Å². The van der Waals surface area contributed by atoms with E-state index >= 15 is 0 Å². The molecule has 1 aromatic carbocycles. The van der Waals surface area contributed by atoms with Crippen molar-refractivity contribution in [3.63, 3.8) is 0 Å². The van der Waals surface area contributed by atoms with E-state index in [0.717, 1.165) is 11.8 Å². The summed E-state index contributed by atoms with van der Waals surface area (Å²) in [7, 11) is 0. The molecule has 0 unspecified atom stereocenters. The fourth-order valence-corrected chi connectivity index (χ4v) is 0.933. The number of benzene rings is 1. The topological polar surface area (TPSA) is 0 Å². The van der Waals surface area contributed by atoms with Gasteiger partial charge in [-0.1, -0.05) is 139 Å². The van der Waals surface area contributed by atoms with Crippen LogP contribution in [0.25, 0.3) is 0 Å². The molecule has 0 saturated heterocycles. The Morgan fingerprint density at radius 3 is 0.523 bits per heavy atom. The minimum Gasteiger partial charge on any atom is -0.358 e. The maximum atomic E-state index is 2.22. The Hall–Kier alpha value is 2.53. The molecule has 1 rings (SSSR count). The summed E-state index contributed by atoms with van der Waals surface area (Å²) in [6.45, 7) is 64.0. The second-order valence-corrected chi connectivity index (χ2v) is 13.3. The molecule has 0 amide bonds. The van der Waals surface area contributed by atoms with Crippen molar-refractivity contribution in [3.05, 3.63) is 137 Å². The van der Waals surface area contributed by atoms with Crippen LogP contribution in [0.5, 0.6) is 0 Å². The second kappa shape index (κ2) is 270. The van der Waals surface area contributed by atoms with Crippen molar-refractivity contribution in [2.24, 2.45) is 11.8 Å². The van der Waals surface area contributed by atoms with Crippen LogP contribution in [-0.4, -0.2) is 0 Å². The molecule has 0 aliphatic heterocycles. The number of aryl methyl sites for hydroxylation is 1. The number of rotatable bonds is 4. The van der Waals surface area contributed by atoms with Gasteiger partial charge in [0.25, 0.3) is 0 Å². The molecule has 0 N–H and O–H groups in total. The van der Waals surface area contributed by atoms with E-state index in [4.69, 9.17) is 0 Å². The van der Waals surface area contributed by atoms with Gasteiger partial charge in [-0.2, -0.15) is 138 Å². The van der Waals surface area contributed by atoms with Gasteiger partial charge in [0.05, 0.1) is 0 Å². The van der Waals surface area contributed by atoms with Gasteiger partial charge in [0.2, 0.25) is 0 Å². The van der Waals surface area contributed by atoms with E-state index in [9.17, 15) is 0 Å². The van der Waals surface area contributed by atoms with E-state index in [1.807, 2.05) is 203 Å². The largest absolute Gasteiger partial charge is 0.358 e. The van der Waals surface area contributed by atoms with Gasteiger partial charge in [0, 0.05) is 102 Å². The second-order valence-electron chi connectivity index (χ2n) is 13.3. The minimum atomic E-state index is 0. The standard InChI is InChI=1S/C9H12.C5H12.2C4H10.C3H8.10C3H7.5CH3.5Pd/c1-2-6-9-7-4-3-5-8-9;1-4-5(2)3;1-4(2)3;1-3-4-2;11*1-3-2;;;;;;;;;;/h3-5,7-8H,2,6H2,1H3;5H,4H2,1-3H3;4H,1-3H3;3-4H2,1-2H3;3H2,1-2H3;10*3H,1-2H3;5*1H3;;;;;/q;;;;;15*-1;;;;;. The van der Waals surface area contributed by atoms with E-state index in [1.54, 1.807) is 0 Å². The average molecular weight is 1390 g/mol. The normalized spacial score (nSPS) is 6.11. The molecule has 0 bridgehead atoms. The van der Waals surface area contributed by atoms with Gasteiger partial charge in [0.15, 0.2) is 0 Å². The van der Waals surface area contributed by atoms with E-state index in [0.29, 0.717) is 0 Å². The van der Waals surface area contributed by atoms with E-state index in [1.165, 1.54) is 44.1 Å². The summed E-state index contributed by atoms with van der Waals surface area (Å²) in [5, 5.41) is 0. The summed E-state index contributed by atoms with van der Waals surface area (Å²) >= 11 is 0. The fourth-order valence-electron chi connectivity index (χ4n) is 0.933. The summed E-state index contributed by atoms with van der Waals surface area (Å²) in [5.74, 6) is 1.72. The van der Waals surface area contributed by atoms with E-state index in [2.05, 4.69) is 106 Å². The quantitative estimate of drug-likeness (QED) is 0.208. The molecule has 442 valence electrons. The van der Waals surface area contributed by atoms with Gasteiger partial charge in [-0.15, -0.1) is 0 Å². The zero-order valence-electron chi connectivity index (χ0n) is 52.1. The average Bonchev–Trinajstić information content (AvgIpc) is 3.10. The molecule has 0 aliphatic carbocycles. The molecule has 0 aromatic heterocycles. The summed E-state index contributed by atoms with van der Waals surface area (Å²) in [5.41, 5.74) is 1.44. The Bertz CT molecular complexity index is 386. The first-order valence-electron chi connectivity index (χ1n) is 22.3. The zero-order chi connectivity index (χ0) is 47.6. The smallest absolute Gasteiger partial charge is 0 e. The summed E-state index contributed by atoms with van der Waals surface area (Å²) in [6, 6.07) is 10.6. The van der Waals surface area contributed by atoms with Crippen LogP contribution in [0.15, 0.2) is 30.3 Å². The van der Waals surface area contributed by atoms with Crippen LogP contribution < -0.4 is 0 Å². The molecule has 0 radical (unpaired) electrons. The van der Waals surface area contributed by atoms with Crippen LogP contribution in [-0.2, 0) is 109 Å². The van der Waals surface area contributed by atoms with Crippen LogP contribution in [0.4, 0.5) is 0 Å². The van der Waals surface area contributed by atoms with Crippen LogP contribution in [0.3, 0.4) is 0 Å². The molecule has 5 heteroatoms. The third-order valence-electron chi connectivity index (χ3n) is 2.70. The molecule has 1 aromatic rings. The molecule has 0 aliphatic rings. The summed E-state index contributed by atoms with van der Waals surface area (Å²) in [4.78, 5) is 0. The Morgan fingerprint density at radius 2 is 0.446 bits per heavy atom. The van der Waals surface area contributed by atoms with Gasteiger partial charge in [-0.25, -0.2) is 0 Å². The maximum absolute atomic E-state index is 2.22. The van der Waals surface area contributed by atoms with Gasteiger partial charge >= 0.3 is 0 Å². The van der Waals surface area contributed by atoms with Gasteiger partial charge in [-0.05, 0) is 23.8 Å². The molecule has 0 saturated carbocycles. The van der Waals surface area contributed by atoms with E-state index < -0.39 is 0 Å². The summed E-state index contributed by atoms with van der Waals surface area (Å²) < 4.78 is 0. The third-order valence-corrected chi connectivity index (χ3v) is 2.70. The van der Waals surface area contributed by atoms with Crippen molar-refractivity contribution < 1.29 is 102 Å². The Kier molecular flexibility index (Phi) is 655. The molecular formula is C60H137Pd5-15. The number of unbranched alkanes of at least 4 members (excludes halogenated alkanes) is 1. The number of hydrogen-bond donors (Lipinski definition) is 0. The maximum Gasteiger partial charge on any atom is 0 e. The SMILES string of the molecule is CC(C)C.CCC.CCC(C)C.CCCC.CCCc1ccccc1.C[CH-]C.C[CH-]C.C[CH-]C.C[CH-]C.C[CH-]C.C[CH-]C.C[CH-]C.C[CH-]C.C[CH-]C.C[CH-]C.[CH3-].[CH3-].[CH3-].[CH3-].[CH3-].[Pd].[Pd].[Pd].[Pd].[Pd]. The monoisotopic (exact) mass is 1390 g/mol. The van der Waals surface area contributed by atoms with Crippen molar-refractivity contribution >= 4 is 0 Å². The number of hydrogen-bond acceptors (Lipinski definition) is 0. The van der Waals surface area contributed by atoms with Crippen LogP contribution in [0, 0.1) is 113 Å². The van der Waals surface area contributed by atoms with Crippen molar-refractivity contribution in [3.8, 4) is 0 Å². The Balaban J connectivity index is -0.0000000127. The Labute approximate surface area is 499 Å². The predicted molar refractivity (Wildman–Crippen MR) is 311 cm³/mol. The molecule has 0 fully saturated rings. The Morgan fingerprint density at radius 1 is 0.323 bits per heavy atom. The molecule has 65 heavy (non-hydrogen) atoms. The third kappa shape index (κ3) is 1010. The molecule has 0 atom stereocenters. The van der Waals surface area contributed by atoms with E-state index in [-0.39, 0.29) is 139 Å². The first-order chi connectivity index (χ1) is 25.9. The van der Waals surface area contributed by atoms with Crippen molar-refractivity contribution in [1.82, 2.24) is 0 Å². The zero-order valence-corrected chi connectivity index (χ0v) is 59.9. The molecule has 0 spiro atoms. The van der Waals surface area contributed by atoms with Crippen molar-refractivity contribution in [2.75, 3.05) is 0 Å². The first kappa shape index (κ1) is 158. The van der Waals surface area contributed by atoms with Crippen LogP contribution in [0.2, 0.25) is 0 Å². The predicted octanol–water partition coefficient (Wildman–Crippen LogP) is 24.1. The molecule has 0 nitrogen and oxygen atoms in total. The fraction of sp³-hybridized carbons (Fsp3) is 0.650. The summed E-state index contributed by atoms with van der Waals surface area (Å²) in [6.07, 6.45) is 27.6. The molecular weight excluding hydrogens is 1250 g/mol. The van der Waals surface area contributed by atoms with Crippen LogP contribution in [0.1, 0.15) is 252 Å². The van der Waals surface area contributed by atoms with Crippen molar-refractivity contribution in [2.45, 2.75) is 253 Å². The van der Waals surface area contributed by atoms with Gasteiger partial charge in [-0.3, -0.25) is 0 Å². The van der Waals surface area contributed by atoms with Crippen LogP contribution >= 0.6 is 0 Å². The first-order valence-corrected chi connectivity index (χ1v) is 22.3. The van der Waals surface area contributed by atoms with Gasteiger partial charge in [0.1, 0.15) is 0 Å². The molecule has 0 heterocycles. The van der Waals surface area contributed by atoms with Gasteiger partial charge < -0.3 is 101 Å². The minimum absolute atomic E-state index is 0.